The van der Waals surface area contributed by atoms with Crippen molar-refractivity contribution in [3.8, 4) is 11.5 Å². The summed E-state index contributed by atoms with van der Waals surface area (Å²) in [5.74, 6) is 2.53. The molecule has 0 spiro atoms. The fourth-order valence-corrected chi connectivity index (χ4v) is 2.69. The minimum Gasteiger partial charge on any atom is -0.454 e. The minimum absolute atomic E-state index is 0. The second kappa shape index (κ2) is 12.2. The van der Waals surface area contributed by atoms with Gasteiger partial charge in [-0.2, -0.15) is 0 Å². The lowest BCUT2D eigenvalue weighted by Crippen LogP contribution is -2.39. The van der Waals surface area contributed by atoms with Gasteiger partial charge in [-0.25, -0.2) is 0 Å². The molecular weight excluding hydrogens is 431 g/mol. The molecule has 2 rings (SSSR count). The van der Waals surface area contributed by atoms with E-state index in [9.17, 15) is 0 Å². The first kappa shape index (κ1) is 21.8. The number of nitrogens with one attached hydrogen (secondary N) is 2. The molecule has 0 bridgehead atoms. The first-order valence-corrected chi connectivity index (χ1v) is 8.82. The van der Waals surface area contributed by atoms with Gasteiger partial charge in [0, 0.05) is 20.1 Å². The third kappa shape index (κ3) is 7.27. The van der Waals surface area contributed by atoms with Gasteiger partial charge in [-0.05, 0) is 50.2 Å². The van der Waals surface area contributed by atoms with Crippen molar-refractivity contribution in [3.05, 3.63) is 23.8 Å². The largest absolute Gasteiger partial charge is 0.454 e. The Kier molecular flexibility index (Phi) is 10.6. The Bertz CT molecular complexity index is 536. The van der Waals surface area contributed by atoms with Crippen LogP contribution in [-0.4, -0.2) is 57.4 Å². The summed E-state index contributed by atoms with van der Waals surface area (Å²) in [6.07, 6.45) is 2.03. The van der Waals surface area contributed by atoms with E-state index in [1.54, 1.807) is 7.05 Å². The minimum atomic E-state index is 0. The number of hydrogen-bond donors (Lipinski definition) is 2. The summed E-state index contributed by atoms with van der Waals surface area (Å²) in [6.45, 7) is 9.82. The summed E-state index contributed by atoms with van der Waals surface area (Å²) in [6, 6.07) is 6.09. The SMILES string of the molecule is CCN(CC)CCCNC(=NC)NCCc1ccc2c(c1)OCO2.I. The highest BCUT2D eigenvalue weighted by Gasteiger charge is 2.12. The van der Waals surface area contributed by atoms with Crippen LogP contribution in [0.2, 0.25) is 0 Å². The van der Waals surface area contributed by atoms with E-state index in [1.165, 1.54) is 5.56 Å². The van der Waals surface area contributed by atoms with Gasteiger partial charge < -0.3 is 25.0 Å². The summed E-state index contributed by atoms with van der Waals surface area (Å²) >= 11 is 0. The van der Waals surface area contributed by atoms with Crippen LogP contribution in [0.3, 0.4) is 0 Å². The van der Waals surface area contributed by atoms with Crippen LogP contribution < -0.4 is 20.1 Å². The normalized spacial score (nSPS) is 12.9. The maximum atomic E-state index is 5.41. The van der Waals surface area contributed by atoms with Gasteiger partial charge in [-0.15, -0.1) is 24.0 Å². The van der Waals surface area contributed by atoms with Crippen molar-refractivity contribution in [2.75, 3.05) is 46.6 Å². The molecule has 7 heteroatoms. The third-order valence-corrected chi connectivity index (χ3v) is 4.20. The van der Waals surface area contributed by atoms with Crippen LogP contribution in [0.4, 0.5) is 0 Å². The van der Waals surface area contributed by atoms with Crippen molar-refractivity contribution < 1.29 is 9.47 Å². The standard InChI is InChI=1S/C18H30N4O2.HI/c1-4-22(5-2)12-6-10-20-18(19-3)21-11-9-15-7-8-16-17(13-15)24-14-23-16;/h7-8,13H,4-6,9-12,14H2,1-3H3,(H2,19,20,21);1H. The predicted octanol–water partition coefficient (Wildman–Crippen LogP) is 2.47. The maximum Gasteiger partial charge on any atom is 0.231 e. The molecule has 142 valence electrons. The average molecular weight is 462 g/mol. The summed E-state index contributed by atoms with van der Waals surface area (Å²) in [4.78, 5) is 6.70. The van der Waals surface area contributed by atoms with Crippen molar-refractivity contribution in [1.29, 1.82) is 0 Å². The summed E-state index contributed by atoms with van der Waals surface area (Å²) in [7, 11) is 1.81. The Labute approximate surface area is 168 Å². The zero-order valence-electron chi connectivity index (χ0n) is 15.5. The van der Waals surface area contributed by atoms with Crippen LogP contribution in [0.1, 0.15) is 25.8 Å². The van der Waals surface area contributed by atoms with Gasteiger partial charge in [0.15, 0.2) is 17.5 Å². The van der Waals surface area contributed by atoms with Gasteiger partial charge in [0.05, 0.1) is 0 Å². The molecule has 0 saturated carbocycles. The number of rotatable bonds is 9. The van der Waals surface area contributed by atoms with Gasteiger partial charge in [-0.1, -0.05) is 19.9 Å². The smallest absolute Gasteiger partial charge is 0.231 e. The number of aliphatic imine (C=N–C) groups is 1. The molecule has 0 fully saturated rings. The van der Waals surface area contributed by atoms with E-state index in [1.807, 2.05) is 12.1 Å². The molecular formula is C18H31IN4O2. The Morgan fingerprint density at radius 1 is 1.12 bits per heavy atom. The van der Waals surface area contributed by atoms with E-state index < -0.39 is 0 Å². The van der Waals surface area contributed by atoms with E-state index >= 15 is 0 Å². The van der Waals surface area contributed by atoms with E-state index in [0.717, 1.165) is 63.0 Å². The highest BCUT2D eigenvalue weighted by molar-refractivity contribution is 14.0. The van der Waals surface area contributed by atoms with Crippen molar-refractivity contribution in [3.63, 3.8) is 0 Å². The van der Waals surface area contributed by atoms with Crippen LogP contribution in [0.5, 0.6) is 11.5 Å². The second-order valence-corrected chi connectivity index (χ2v) is 5.74. The number of hydrogen-bond acceptors (Lipinski definition) is 4. The molecule has 0 amide bonds. The van der Waals surface area contributed by atoms with Crippen molar-refractivity contribution in [2.24, 2.45) is 4.99 Å². The first-order chi connectivity index (χ1) is 11.8. The van der Waals surface area contributed by atoms with Gasteiger partial charge in [0.2, 0.25) is 6.79 Å². The van der Waals surface area contributed by atoms with Crippen molar-refractivity contribution in [2.45, 2.75) is 26.7 Å². The third-order valence-electron chi connectivity index (χ3n) is 4.20. The number of fused-ring (bicyclic) bond motifs is 1. The molecule has 2 N–H and O–H groups in total. The molecule has 6 nitrogen and oxygen atoms in total. The number of ether oxygens (including phenoxy) is 2. The van der Waals surface area contributed by atoms with Gasteiger partial charge in [0.1, 0.15) is 0 Å². The molecule has 1 aromatic carbocycles. The average Bonchev–Trinajstić information content (AvgIpc) is 3.08. The first-order valence-electron chi connectivity index (χ1n) is 8.82. The molecule has 0 atom stereocenters. The molecule has 25 heavy (non-hydrogen) atoms. The topological polar surface area (TPSA) is 58.1 Å². The quantitative estimate of drug-likeness (QED) is 0.256. The van der Waals surface area contributed by atoms with Crippen LogP contribution in [0.15, 0.2) is 23.2 Å². The second-order valence-electron chi connectivity index (χ2n) is 5.74. The molecule has 0 aromatic heterocycles. The molecule has 1 aliphatic heterocycles. The molecule has 1 aliphatic rings. The number of benzene rings is 1. The lowest BCUT2D eigenvalue weighted by molar-refractivity contribution is 0.174. The Morgan fingerprint density at radius 2 is 1.84 bits per heavy atom. The number of halogens is 1. The molecule has 1 heterocycles. The van der Waals surface area contributed by atoms with E-state index in [0.29, 0.717) is 6.79 Å². The molecule has 1 aromatic rings. The van der Waals surface area contributed by atoms with E-state index in [-0.39, 0.29) is 24.0 Å². The predicted molar refractivity (Wildman–Crippen MR) is 113 cm³/mol. The number of guanidine groups is 1. The molecule has 0 aliphatic carbocycles. The van der Waals surface area contributed by atoms with E-state index in [2.05, 4.69) is 40.4 Å². The van der Waals surface area contributed by atoms with Crippen molar-refractivity contribution >= 4 is 29.9 Å². The zero-order chi connectivity index (χ0) is 17.2. The van der Waals surface area contributed by atoms with Crippen molar-refractivity contribution in [1.82, 2.24) is 15.5 Å². The molecule has 0 radical (unpaired) electrons. The van der Waals surface area contributed by atoms with Crippen LogP contribution in [0, 0.1) is 0 Å². The maximum absolute atomic E-state index is 5.41. The summed E-state index contributed by atoms with van der Waals surface area (Å²) in [5.41, 5.74) is 1.23. The number of nitrogens with zero attached hydrogens (tertiary/aromatic N) is 2. The van der Waals surface area contributed by atoms with E-state index in [4.69, 9.17) is 9.47 Å². The lowest BCUT2D eigenvalue weighted by Gasteiger charge is -2.18. The van der Waals surface area contributed by atoms with Gasteiger partial charge in [0.25, 0.3) is 0 Å². The van der Waals surface area contributed by atoms with Crippen LogP contribution in [0.25, 0.3) is 0 Å². The lowest BCUT2D eigenvalue weighted by atomic mass is 10.1. The Hall–Kier alpha value is -1.22. The van der Waals surface area contributed by atoms with Gasteiger partial charge >= 0.3 is 0 Å². The zero-order valence-corrected chi connectivity index (χ0v) is 17.8. The Balaban J connectivity index is 0.00000312. The fourth-order valence-electron chi connectivity index (χ4n) is 2.69. The van der Waals surface area contributed by atoms with Crippen LogP contribution >= 0.6 is 24.0 Å². The molecule has 0 unspecified atom stereocenters. The highest BCUT2D eigenvalue weighted by Crippen LogP contribution is 2.32. The monoisotopic (exact) mass is 462 g/mol. The summed E-state index contributed by atoms with van der Waals surface area (Å²) < 4.78 is 10.7. The van der Waals surface area contributed by atoms with Gasteiger partial charge in [-0.3, -0.25) is 4.99 Å². The summed E-state index contributed by atoms with van der Waals surface area (Å²) in [5, 5.41) is 6.72. The fraction of sp³-hybridized carbons (Fsp3) is 0.611. The Morgan fingerprint density at radius 3 is 2.56 bits per heavy atom. The highest BCUT2D eigenvalue weighted by atomic mass is 127. The van der Waals surface area contributed by atoms with Crippen LogP contribution in [-0.2, 0) is 6.42 Å². The molecule has 0 saturated heterocycles.